The van der Waals surface area contributed by atoms with Gasteiger partial charge in [0.15, 0.2) is 23.2 Å². The summed E-state index contributed by atoms with van der Waals surface area (Å²) < 4.78 is 34.0. The van der Waals surface area contributed by atoms with E-state index < -0.39 is 44.4 Å². The summed E-state index contributed by atoms with van der Waals surface area (Å²) >= 11 is 0. The van der Waals surface area contributed by atoms with Gasteiger partial charge in [-0.25, -0.2) is 9.65 Å². The Morgan fingerprint density at radius 3 is 2.03 bits per heavy atom. The highest BCUT2D eigenvalue weighted by Crippen LogP contribution is 2.49. The van der Waals surface area contributed by atoms with Crippen molar-refractivity contribution in [3.8, 4) is 23.6 Å². The van der Waals surface area contributed by atoms with Crippen molar-refractivity contribution in [2.24, 2.45) is 0 Å². The summed E-state index contributed by atoms with van der Waals surface area (Å²) in [5.41, 5.74) is 1.90. The number of hydrogen-bond donors (Lipinski definition) is 3. The van der Waals surface area contributed by atoms with Crippen LogP contribution in [0.1, 0.15) is 73.8 Å². The molecule has 2 aromatic heterocycles. The Bertz CT molecular complexity index is 2430. The van der Waals surface area contributed by atoms with Gasteiger partial charge in [0.2, 0.25) is 0 Å². The summed E-state index contributed by atoms with van der Waals surface area (Å²) in [5.74, 6) is 0.916. The Kier molecular flexibility index (Phi) is 14.3. The summed E-state index contributed by atoms with van der Waals surface area (Å²) in [5, 5.41) is 37.1. The number of aliphatic hydroxyl groups excluding tert-OH is 2. The molecule has 3 heterocycles. The minimum absolute atomic E-state index is 0.0195. The van der Waals surface area contributed by atoms with Crippen molar-refractivity contribution in [3.05, 3.63) is 138 Å². The van der Waals surface area contributed by atoms with Gasteiger partial charge in [-0.2, -0.15) is 15.2 Å². The highest BCUT2D eigenvalue weighted by atomic mass is 31.2. The summed E-state index contributed by atoms with van der Waals surface area (Å²) in [6.07, 6.45) is -2.80. The molecule has 1 amide bonds. The maximum atomic E-state index is 13.6. The van der Waals surface area contributed by atoms with Crippen molar-refractivity contribution < 1.29 is 38.3 Å². The van der Waals surface area contributed by atoms with Gasteiger partial charge in [-0.15, -0.1) is 0 Å². The van der Waals surface area contributed by atoms with Gasteiger partial charge in [-0.3, -0.25) is 9.36 Å². The number of nitriles is 1. The zero-order valence-electron chi connectivity index (χ0n) is 36.0. The number of fused-ring (bicyclic) bond motifs is 1. The lowest BCUT2D eigenvalue weighted by Crippen LogP contribution is -2.48. The number of benzene rings is 4. The Balaban J connectivity index is 1.32. The molecule has 1 aliphatic heterocycles. The molecule has 0 spiro atoms. The second-order valence-electron chi connectivity index (χ2n) is 15.6. The Labute approximate surface area is 368 Å². The number of nitrogens with one attached hydrogen (secondary N) is 1. The number of hydrogen-bond acceptors (Lipinski definition) is 13. The molecule has 4 aromatic carbocycles. The van der Waals surface area contributed by atoms with Gasteiger partial charge in [-0.1, -0.05) is 72.8 Å². The minimum Gasteiger partial charge on any atom is -0.497 e. The maximum Gasteiger partial charge on any atom is 0.326 e. The fourth-order valence-corrected chi connectivity index (χ4v) is 9.67. The summed E-state index contributed by atoms with van der Waals surface area (Å²) in [7, 11) is 1.34. The number of rotatable bonds is 18. The predicted molar refractivity (Wildman–Crippen MR) is 238 cm³/mol. The van der Waals surface area contributed by atoms with Crippen LogP contribution in [-0.2, 0) is 14.7 Å². The first-order valence-electron chi connectivity index (χ1n) is 20.7. The lowest BCUT2D eigenvalue weighted by Gasteiger charge is -2.42. The first-order valence-corrected chi connectivity index (χ1v) is 21.9. The third-order valence-electron chi connectivity index (χ3n) is 11.0. The molecule has 15 nitrogen and oxygen atoms in total. The molecule has 16 heteroatoms. The lowest BCUT2D eigenvalue weighted by atomic mass is 9.64. The van der Waals surface area contributed by atoms with E-state index in [9.17, 15) is 20.3 Å². The van der Waals surface area contributed by atoms with Crippen LogP contribution in [0.15, 0.2) is 116 Å². The largest absolute Gasteiger partial charge is 0.497 e. The second-order valence-corrected chi connectivity index (χ2v) is 17.0. The molecule has 1 aliphatic rings. The first-order chi connectivity index (χ1) is 30.5. The Hall–Kier alpha value is -5.98. The molecule has 3 N–H and O–H groups in total. The molecule has 1 fully saturated rings. The molecular formula is C47H52N7O8P. The first kappa shape index (κ1) is 45.1. The number of carbonyl (C=O) groups is 1. The molecule has 0 saturated carbocycles. The van der Waals surface area contributed by atoms with Crippen LogP contribution in [0.5, 0.6) is 17.5 Å². The number of methoxy groups -OCH3 is 2. The van der Waals surface area contributed by atoms with Gasteiger partial charge in [0, 0.05) is 24.1 Å². The van der Waals surface area contributed by atoms with Gasteiger partial charge in [0.25, 0.3) is 5.91 Å². The van der Waals surface area contributed by atoms with Crippen LogP contribution in [-0.4, -0.2) is 91.5 Å². The predicted octanol–water partition coefficient (Wildman–Crippen LogP) is 7.79. The van der Waals surface area contributed by atoms with E-state index in [0.29, 0.717) is 17.1 Å². The van der Waals surface area contributed by atoms with Crippen LogP contribution in [0, 0.1) is 11.3 Å². The van der Waals surface area contributed by atoms with Gasteiger partial charge in [0.05, 0.1) is 57.3 Å². The highest BCUT2D eigenvalue weighted by Gasteiger charge is 2.51. The molecule has 6 aromatic rings. The van der Waals surface area contributed by atoms with Crippen molar-refractivity contribution in [2.75, 3.05) is 26.1 Å². The van der Waals surface area contributed by atoms with Crippen LogP contribution >= 0.6 is 8.53 Å². The molecule has 5 atom stereocenters. The van der Waals surface area contributed by atoms with Crippen molar-refractivity contribution in [1.82, 2.24) is 24.2 Å². The molecule has 0 aliphatic carbocycles. The van der Waals surface area contributed by atoms with Crippen LogP contribution < -0.4 is 19.3 Å². The molecule has 63 heavy (non-hydrogen) atoms. The molecule has 0 radical (unpaired) electrons. The quantitative estimate of drug-likeness (QED) is 0.0432. The van der Waals surface area contributed by atoms with Crippen molar-refractivity contribution in [1.29, 1.82) is 5.26 Å². The van der Waals surface area contributed by atoms with Gasteiger partial charge < -0.3 is 38.8 Å². The van der Waals surface area contributed by atoms with Gasteiger partial charge >= 0.3 is 14.5 Å². The average molecular weight is 874 g/mol. The van der Waals surface area contributed by atoms with E-state index in [-0.39, 0.29) is 54.5 Å². The van der Waals surface area contributed by atoms with Crippen molar-refractivity contribution >= 4 is 31.4 Å². The van der Waals surface area contributed by atoms with Crippen LogP contribution in [0.4, 0.5) is 5.82 Å². The number of imidazole rings is 1. The minimum atomic E-state index is -1.85. The van der Waals surface area contributed by atoms with Crippen LogP contribution in [0.25, 0.3) is 11.2 Å². The zero-order chi connectivity index (χ0) is 44.7. The number of nitrogens with zero attached hydrogens (tertiary/aromatic N) is 6. The molecular weight excluding hydrogens is 822 g/mol. The fourth-order valence-electron chi connectivity index (χ4n) is 8.17. The summed E-state index contributed by atoms with van der Waals surface area (Å²) in [6.45, 7) is 8.15. The van der Waals surface area contributed by atoms with E-state index in [2.05, 4.69) is 21.4 Å². The maximum absolute atomic E-state index is 13.6. The second kappa shape index (κ2) is 20.0. The SMILES string of the molecule is COc1ccc(C(c2ccccc2)(c2ccc(OC)cc2)C(O)[C@@H]2C[C@@H](O)[C@H](n3cnc4c(NC(=O)c5ccccc5)nc(OP(OCCC#N)N(C(C)C)C(C)C)nc43)O2)cc1. The summed E-state index contributed by atoms with van der Waals surface area (Å²) in [6, 6.07) is 35.4. The van der Waals surface area contributed by atoms with E-state index in [1.54, 1.807) is 43.1 Å². The Morgan fingerprint density at radius 2 is 1.48 bits per heavy atom. The van der Waals surface area contributed by atoms with Gasteiger partial charge in [-0.05, 0) is 80.8 Å². The van der Waals surface area contributed by atoms with E-state index in [4.69, 9.17) is 28.2 Å². The third-order valence-corrected chi connectivity index (χ3v) is 13.0. The van der Waals surface area contributed by atoms with E-state index in [1.165, 1.54) is 6.33 Å². The van der Waals surface area contributed by atoms with Crippen molar-refractivity contribution in [3.63, 3.8) is 0 Å². The summed E-state index contributed by atoms with van der Waals surface area (Å²) in [4.78, 5) is 27.7. The van der Waals surface area contributed by atoms with Crippen LogP contribution in [0.3, 0.4) is 0 Å². The lowest BCUT2D eigenvalue weighted by molar-refractivity contribution is -0.0857. The van der Waals surface area contributed by atoms with Crippen LogP contribution in [0.2, 0.25) is 0 Å². The van der Waals surface area contributed by atoms with E-state index >= 15 is 0 Å². The van der Waals surface area contributed by atoms with E-state index in [0.717, 1.165) is 16.7 Å². The molecule has 1 saturated heterocycles. The zero-order valence-corrected chi connectivity index (χ0v) is 36.9. The molecule has 2 unspecified atom stereocenters. The number of carbonyl (C=O) groups excluding carboxylic acids is 1. The molecule has 7 rings (SSSR count). The fraction of sp³-hybridized carbons (Fsp3) is 0.340. The number of anilines is 1. The Morgan fingerprint density at radius 1 is 0.905 bits per heavy atom. The third kappa shape index (κ3) is 9.38. The smallest absolute Gasteiger partial charge is 0.326 e. The van der Waals surface area contributed by atoms with Gasteiger partial charge in [0.1, 0.15) is 17.6 Å². The number of amides is 1. The number of aromatic nitrogens is 4. The molecule has 0 bridgehead atoms. The topological polar surface area (TPSA) is 186 Å². The average Bonchev–Trinajstić information content (AvgIpc) is 3.90. The number of ether oxygens (including phenoxy) is 3. The normalized spacial score (nSPS) is 17.5. The highest BCUT2D eigenvalue weighted by molar-refractivity contribution is 7.45. The number of aliphatic hydroxyl groups is 2. The molecule has 328 valence electrons. The standard InChI is InChI=1S/C47H52N7O8P/c1-30(2)54(31(3)4)63(60-27-13-26-48)62-46-51-42(50-44(57)32-14-9-7-10-15-32)40-43(52-46)53(29-49-40)45-38(55)28-39(61-45)41(56)47(33-16-11-8-12-17-33,34-18-22-36(58-5)23-19-34)35-20-24-37(59-6)25-21-35/h7-12,14-25,29-31,38-39,41,45,55-56H,13,27-28H2,1-6H3,(H,50,51,52,57)/t38-,39+,41?,45-,63?/m1/s1. The van der Waals surface area contributed by atoms with Crippen molar-refractivity contribution in [2.45, 2.75) is 82.6 Å². The monoisotopic (exact) mass is 873 g/mol. The van der Waals surface area contributed by atoms with E-state index in [1.807, 2.05) is 117 Å².